The second-order valence-electron chi connectivity index (χ2n) is 6.95. The van der Waals surface area contributed by atoms with Crippen molar-refractivity contribution in [3.63, 3.8) is 0 Å². The largest absolute Gasteiger partial charge is 0.343 e. The lowest BCUT2D eigenvalue weighted by molar-refractivity contribution is -0.115. The number of aromatic nitrogens is 1. The fourth-order valence-corrected chi connectivity index (χ4v) is 3.42. The average molecular weight is 375 g/mol. The standard InChI is InChI=1S/C23H25N3O2/c1-15-9-8-10-16(2)22(15)25-21(27)14-24-23(28)20-13-17(3)26(18(20)4)19-11-6-5-7-12-19/h5-13H,14H2,1-4H3,(H,24,28)(H,25,27). The number of carbonyl (C=O) groups excluding carboxylic acids is 2. The molecule has 1 heterocycles. The van der Waals surface area contributed by atoms with Crippen LogP contribution in [0.5, 0.6) is 0 Å². The molecule has 0 aliphatic carbocycles. The van der Waals surface area contributed by atoms with E-state index in [4.69, 9.17) is 0 Å². The Morgan fingerprint density at radius 1 is 0.893 bits per heavy atom. The molecule has 3 aromatic rings. The van der Waals surface area contributed by atoms with Gasteiger partial charge in [0.1, 0.15) is 0 Å². The highest BCUT2D eigenvalue weighted by atomic mass is 16.2. The van der Waals surface area contributed by atoms with E-state index >= 15 is 0 Å². The molecule has 2 amide bonds. The zero-order chi connectivity index (χ0) is 20.3. The molecular formula is C23H25N3O2. The molecule has 3 rings (SSSR count). The third-order valence-corrected chi connectivity index (χ3v) is 4.85. The molecule has 5 nitrogen and oxygen atoms in total. The Bertz CT molecular complexity index is 1000. The number of aryl methyl sites for hydroxylation is 3. The minimum absolute atomic E-state index is 0.0817. The van der Waals surface area contributed by atoms with Crippen molar-refractivity contribution >= 4 is 17.5 Å². The van der Waals surface area contributed by atoms with Gasteiger partial charge in [-0.2, -0.15) is 0 Å². The van der Waals surface area contributed by atoms with Gasteiger partial charge in [-0.25, -0.2) is 0 Å². The van der Waals surface area contributed by atoms with Gasteiger partial charge in [-0.05, 0) is 57.0 Å². The molecule has 2 N–H and O–H groups in total. The van der Waals surface area contributed by atoms with Crippen LogP contribution in [0.25, 0.3) is 5.69 Å². The summed E-state index contributed by atoms with van der Waals surface area (Å²) >= 11 is 0. The summed E-state index contributed by atoms with van der Waals surface area (Å²) in [5, 5.41) is 5.61. The summed E-state index contributed by atoms with van der Waals surface area (Å²) in [4.78, 5) is 24.9. The maximum Gasteiger partial charge on any atom is 0.253 e. The van der Waals surface area contributed by atoms with Gasteiger partial charge in [-0.15, -0.1) is 0 Å². The minimum atomic E-state index is -0.257. The number of rotatable bonds is 5. The van der Waals surface area contributed by atoms with Crippen molar-refractivity contribution in [3.8, 4) is 5.69 Å². The Balaban J connectivity index is 1.70. The van der Waals surface area contributed by atoms with Crippen molar-refractivity contribution in [2.24, 2.45) is 0 Å². The van der Waals surface area contributed by atoms with Gasteiger partial charge >= 0.3 is 0 Å². The fourth-order valence-electron chi connectivity index (χ4n) is 3.42. The van der Waals surface area contributed by atoms with E-state index in [0.29, 0.717) is 5.56 Å². The third-order valence-electron chi connectivity index (χ3n) is 4.85. The number of carbonyl (C=O) groups is 2. The molecule has 0 aliphatic heterocycles. The van der Waals surface area contributed by atoms with E-state index in [2.05, 4.69) is 10.6 Å². The van der Waals surface area contributed by atoms with E-state index < -0.39 is 0 Å². The number of benzene rings is 2. The monoisotopic (exact) mass is 375 g/mol. The van der Waals surface area contributed by atoms with Crippen LogP contribution in [0.1, 0.15) is 32.9 Å². The smallest absolute Gasteiger partial charge is 0.253 e. The lowest BCUT2D eigenvalue weighted by atomic mass is 10.1. The second kappa shape index (κ2) is 8.13. The van der Waals surface area contributed by atoms with E-state index in [9.17, 15) is 9.59 Å². The molecule has 0 saturated heterocycles. The molecule has 5 heteroatoms. The first-order chi connectivity index (χ1) is 13.4. The van der Waals surface area contributed by atoms with Crippen LogP contribution in [0.3, 0.4) is 0 Å². The van der Waals surface area contributed by atoms with Crippen molar-refractivity contribution in [1.29, 1.82) is 0 Å². The van der Waals surface area contributed by atoms with Crippen molar-refractivity contribution in [2.45, 2.75) is 27.7 Å². The quantitative estimate of drug-likeness (QED) is 0.706. The Labute approximate surface area is 165 Å². The van der Waals surface area contributed by atoms with Gasteiger partial charge in [0, 0.05) is 22.8 Å². The number of nitrogens with one attached hydrogen (secondary N) is 2. The summed E-state index contributed by atoms with van der Waals surface area (Å²) in [5.41, 5.74) is 6.16. The highest BCUT2D eigenvalue weighted by molar-refractivity contribution is 6.00. The molecule has 0 unspecified atom stereocenters. The number of nitrogens with zero attached hydrogens (tertiary/aromatic N) is 1. The van der Waals surface area contributed by atoms with Crippen LogP contribution in [-0.2, 0) is 4.79 Å². The number of hydrogen-bond acceptors (Lipinski definition) is 2. The highest BCUT2D eigenvalue weighted by Gasteiger charge is 2.17. The Morgan fingerprint density at radius 2 is 1.54 bits per heavy atom. The summed E-state index contributed by atoms with van der Waals surface area (Å²) in [6.07, 6.45) is 0. The molecule has 0 saturated carbocycles. The van der Waals surface area contributed by atoms with Gasteiger partial charge in [-0.1, -0.05) is 36.4 Å². The summed E-state index contributed by atoms with van der Waals surface area (Å²) in [7, 11) is 0. The van der Waals surface area contributed by atoms with E-state index in [-0.39, 0.29) is 18.4 Å². The van der Waals surface area contributed by atoms with Crippen LogP contribution in [0.4, 0.5) is 5.69 Å². The molecule has 0 atom stereocenters. The zero-order valence-corrected chi connectivity index (χ0v) is 16.7. The first kappa shape index (κ1) is 19.4. The summed E-state index contributed by atoms with van der Waals surface area (Å²) in [5.74, 6) is -0.505. The van der Waals surface area contributed by atoms with Crippen LogP contribution >= 0.6 is 0 Å². The number of anilines is 1. The molecule has 28 heavy (non-hydrogen) atoms. The molecular weight excluding hydrogens is 350 g/mol. The molecule has 0 aliphatic rings. The molecule has 1 aromatic heterocycles. The van der Waals surface area contributed by atoms with Gasteiger partial charge in [0.25, 0.3) is 5.91 Å². The van der Waals surface area contributed by atoms with Crippen LogP contribution in [0.15, 0.2) is 54.6 Å². The maximum atomic E-state index is 12.6. The van der Waals surface area contributed by atoms with Crippen molar-refractivity contribution in [2.75, 3.05) is 11.9 Å². The van der Waals surface area contributed by atoms with E-state index in [0.717, 1.165) is 33.9 Å². The summed E-state index contributed by atoms with van der Waals surface area (Å²) in [6, 6.07) is 17.6. The fraction of sp³-hybridized carbons (Fsp3) is 0.217. The highest BCUT2D eigenvalue weighted by Crippen LogP contribution is 2.21. The van der Waals surface area contributed by atoms with Gasteiger partial charge in [0.2, 0.25) is 5.91 Å². The number of amides is 2. The summed E-state index contributed by atoms with van der Waals surface area (Å²) in [6.45, 7) is 7.68. The molecule has 0 spiro atoms. The zero-order valence-electron chi connectivity index (χ0n) is 16.7. The van der Waals surface area contributed by atoms with Crippen molar-refractivity contribution < 1.29 is 9.59 Å². The SMILES string of the molecule is Cc1cccc(C)c1NC(=O)CNC(=O)c1cc(C)n(-c2ccccc2)c1C. The first-order valence-electron chi connectivity index (χ1n) is 9.27. The normalized spacial score (nSPS) is 10.6. The Hall–Kier alpha value is -3.34. The number of hydrogen-bond donors (Lipinski definition) is 2. The molecule has 0 radical (unpaired) electrons. The maximum absolute atomic E-state index is 12.6. The predicted molar refractivity (Wildman–Crippen MR) is 112 cm³/mol. The second-order valence-corrected chi connectivity index (χ2v) is 6.95. The lowest BCUT2D eigenvalue weighted by Gasteiger charge is -2.12. The third kappa shape index (κ3) is 3.98. The number of para-hydroxylation sites is 2. The molecule has 0 bridgehead atoms. The first-order valence-corrected chi connectivity index (χ1v) is 9.27. The molecule has 0 fully saturated rings. The minimum Gasteiger partial charge on any atom is -0.343 e. The van der Waals surface area contributed by atoms with E-state index in [1.54, 1.807) is 0 Å². The van der Waals surface area contributed by atoms with Crippen LogP contribution in [0.2, 0.25) is 0 Å². The van der Waals surface area contributed by atoms with Crippen LogP contribution in [-0.4, -0.2) is 22.9 Å². The van der Waals surface area contributed by atoms with E-state index in [1.165, 1.54) is 0 Å². The topological polar surface area (TPSA) is 63.1 Å². The van der Waals surface area contributed by atoms with Gasteiger partial charge in [-0.3, -0.25) is 9.59 Å². The Morgan fingerprint density at radius 3 is 2.18 bits per heavy atom. The Kier molecular flexibility index (Phi) is 5.64. The van der Waals surface area contributed by atoms with Crippen molar-refractivity contribution in [3.05, 3.63) is 82.7 Å². The van der Waals surface area contributed by atoms with Gasteiger partial charge in [0.05, 0.1) is 12.1 Å². The summed E-state index contributed by atoms with van der Waals surface area (Å²) < 4.78 is 2.03. The lowest BCUT2D eigenvalue weighted by Crippen LogP contribution is -2.33. The van der Waals surface area contributed by atoms with Crippen molar-refractivity contribution in [1.82, 2.24) is 9.88 Å². The van der Waals surface area contributed by atoms with Gasteiger partial charge < -0.3 is 15.2 Å². The van der Waals surface area contributed by atoms with Gasteiger partial charge in [0.15, 0.2) is 0 Å². The van der Waals surface area contributed by atoms with E-state index in [1.807, 2.05) is 86.9 Å². The predicted octanol–water partition coefficient (Wildman–Crippen LogP) is 4.08. The molecule has 2 aromatic carbocycles. The van der Waals surface area contributed by atoms with Crippen LogP contribution in [0, 0.1) is 27.7 Å². The average Bonchev–Trinajstić information content (AvgIpc) is 2.98. The van der Waals surface area contributed by atoms with Crippen LogP contribution < -0.4 is 10.6 Å². The molecule has 144 valence electrons.